The van der Waals surface area contributed by atoms with E-state index in [1.54, 1.807) is 18.2 Å². The highest BCUT2D eigenvalue weighted by atomic mass is 35.5. The minimum Gasteiger partial charge on any atom is -0.461 e. The Morgan fingerprint density at radius 3 is 2.76 bits per heavy atom. The van der Waals surface area contributed by atoms with Gasteiger partial charge < -0.3 is 20.7 Å². The number of halogens is 3. The highest BCUT2D eigenvalue weighted by Gasteiger charge is 2.49. The zero-order valence-corrected chi connectivity index (χ0v) is 23.9. The summed E-state index contributed by atoms with van der Waals surface area (Å²) in [7, 11) is 0. The maximum Gasteiger partial charge on any atom is 0.319 e. The van der Waals surface area contributed by atoms with Gasteiger partial charge in [-0.05, 0) is 56.8 Å². The van der Waals surface area contributed by atoms with Crippen molar-refractivity contribution in [2.24, 2.45) is 0 Å². The number of nitrogens with zero attached hydrogens (tertiary/aromatic N) is 5. The first-order valence-electron chi connectivity index (χ1n) is 14.4. The highest BCUT2D eigenvalue weighted by Crippen LogP contribution is 2.43. The summed E-state index contributed by atoms with van der Waals surface area (Å²) in [6.07, 6.45) is 5.19. The number of fused-ring (bicyclic) bond motifs is 4. The molecule has 4 aliphatic heterocycles. The number of aromatic nitrogens is 3. The first kappa shape index (κ1) is 26.8. The molecule has 11 heteroatoms. The van der Waals surface area contributed by atoms with Crippen molar-refractivity contribution in [3.05, 3.63) is 40.7 Å². The molecule has 4 saturated heterocycles. The number of rotatable bonds is 6. The monoisotopic (exact) mass is 581 g/mol. The van der Waals surface area contributed by atoms with Gasteiger partial charge in [0.05, 0.1) is 21.8 Å². The third-order valence-corrected chi connectivity index (χ3v) is 9.61. The van der Waals surface area contributed by atoms with Crippen LogP contribution in [0.3, 0.4) is 0 Å². The van der Waals surface area contributed by atoms with E-state index in [9.17, 15) is 4.39 Å². The molecule has 6 heterocycles. The third-order valence-electron chi connectivity index (χ3n) is 9.32. The van der Waals surface area contributed by atoms with Crippen LogP contribution in [0.15, 0.2) is 18.7 Å². The third kappa shape index (κ3) is 4.51. The van der Waals surface area contributed by atoms with E-state index in [2.05, 4.69) is 31.7 Å². The predicted molar refractivity (Wildman–Crippen MR) is 158 cm³/mol. The molecule has 8 nitrogen and oxygen atoms in total. The summed E-state index contributed by atoms with van der Waals surface area (Å²) in [4.78, 5) is 18.2. The van der Waals surface area contributed by atoms with Crippen LogP contribution >= 0.6 is 11.6 Å². The van der Waals surface area contributed by atoms with Gasteiger partial charge in [-0.2, -0.15) is 9.97 Å². The van der Waals surface area contributed by atoms with Gasteiger partial charge in [-0.1, -0.05) is 24.3 Å². The number of nitrogen functional groups attached to an aromatic ring is 1. The quantitative estimate of drug-likeness (QED) is 0.424. The van der Waals surface area contributed by atoms with E-state index in [1.165, 1.54) is 0 Å². The van der Waals surface area contributed by atoms with E-state index in [0.29, 0.717) is 47.5 Å². The van der Waals surface area contributed by atoms with Crippen molar-refractivity contribution in [1.82, 2.24) is 25.2 Å². The molecule has 3 aromatic rings. The van der Waals surface area contributed by atoms with Crippen molar-refractivity contribution >= 4 is 40.2 Å². The Bertz CT molecular complexity index is 1540. The van der Waals surface area contributed by atoms with E-state index < -0.39 is 12.0 Å². The average Bonchev–Trinajstić information content (AvgIpc) is 3.57. The molecule has 216 valence electrons. The van der Waals surface area contributed by atoms with Crippen molar-refractivity contribution in [1.29, 1.82) is 0 Å². The molecule has 4 aliphatic rings. The lowest BCUT2D eigenvalue weighted by molar-refractivity contribution is 0.107. The summed E-state index contributed by atoms with van der Waals surface area (Å²) >= 11 is 6.80. The molecule has 0 amide bonds. The number of ether oxygens (including phenoxy) is 1. The fourth-order valence-electron chi connectivity index (χ4n) is 7.46. The molecule has 1 aromatic carbocycles. The highest BCUT2D eigenvalue weighted by molar-refractivity contribution is 6.34. The summed E-state index contributed by atoms with van der Waals surface area (Å²) in [6.45, 7) is 8.77. The number of nitrogens with one attached hydrogen (secondary N) is 1. The Morgan fingerprint density at radius 1 is 1.22 bits per heavy atom. The summed E-state index contributed by atoms with van der Waals surface area (Å²) in [5, 5.41) is 4.33. The Balaban J connectivity index is 1.36. The van der Waals surface area contributed by atoms with Gasteiger partial charge in [0, 0.05) is 49.1 Å². The number of hydrogen-bond acceptors (Lipinski definition) is 8. The molecule has 0 saturated carbocycles. The molecule has 0 aliphatic carbocycles. The molecule has 4 atom stereocenters. The van der Waals surface area contributed by atoms with E-state index in [1.807, 2.05) is 6.92 Å². The van der Waals surface area contributed by atoms with Crippen LogP contribution in [0.2, 0.25) is 5.02 Å². The van der Waals surface area contributed by atoms with E-state index in [4.69, 9.17) is 27.1 Å². The number of benzene rings is 1. The van der Waals surface area contributed by atoms with Crippen LogP contribution in [0.25, 0.3) is 28.2 Å². The number of pyridine rings is 1. The fraction of sp³-hybridized carbons (Fsp3) is 0.500. The average molecular weight is 582 g/mol. The zero-order valence-electron chi connectivity index (χ0n) is 23.1. The van der Waals surface area contributed by atoms with Crippen molar-refractivity contribution < 1.29 is 13.5 Å². The van der Waals surface area contributed by atoms with Crippen molar-refractivity contribution in [3.63, 3.8) is 0 Å². The predicted octanol–water partition coefficient (Wildman–Crippen LogP) is 4.91. The lowest BCUT2D eigenvalue weighted by Gasteiger charge is -2.34. The summed E-state index contributed by atoms with van der Waals surface area (Å²) in [6, 6.07) is 4.18. The summed E-state index contributed by atoms with van der Waals surface area (Å²) < 4.78 is 37.3. The van der Waals surface area contributed by atoms with E-state index >= 15 is 4.39 Å². The SMILES string of the molecule is C=Cc1c(C)cc(N)nc1-c1c(Cl)cc2c(N3CC4CCC(C3)N4)nc(OC[C@@]34CCCN3C[C@H](F)C4)nc2c1F. The lowest BCUT2D eigenvalue weighted by atomic mass is 9.95. The molecule has 41 heavy (non-hydrogen) atoms. The first-order valence-corrected chi connectivity index (χ1v) is 14.7. The van der Waals surface area contributed by atoms with Crippen molar-refractivity contribution in [2.75, 3.05) is 43.4 Å². The topological polar surface area (TPSA) is 92.4 Å². The molecule has 2 bridgehead atoms. The molecule has 2 unspecified atom stereocenters. The van der Waals surface area contributed by atoms with Gasteiger partial charge in [-0.3, -0.25) is 4.90 Å². The van der Waals surface area contributed by atoms with Gasteiger partial charge in [0.25, 0.3) is 0 Å². The number of piperazine rings is 1. The smallest absolute Gasteiger partial charge is 0.319 e. The van der Waals surface area contributed by atoms with Gasteiger partial charge in [0.1, 0.15) is 29.9 Å². The second-order valence-electron chi connectivity index (χ2n) is 12.0. The second-order valence-corrected chi connectivity index (χ2v) is 12.4. The minimum absolute atomic E-state index is 0.0785. The molecule has 3 N–H and O–H groups in total. The van der Waals surface area contributed by atoms with Gasteiger partial charge in [0.2, 0.25) is 0 Å². The number of hydrogen-bond donors (Lipinski definition) is 2. The normalized spacial score (nSPS) is 27.5. The molecule has 2 aromatic heterocycles. The number of aryl methyl sites for hydroxylation is 1. The standard InChI is InChI=1S/C30H34ClF2N7O/c1-3-20-16(2)9-23(34)36-26(20)24-22(31)10-21-27(25(24)33)37-29(38-28(21)39-13-18-5-6-19(14-39)35-18)41-15-30-7-4-8-40(30)12-17(32)11-30/h3,9-10,17-19,35H,1,4-8,11-15H2,2H3,(H2,34,36)/t17-,18?,19?,30+/m1/s1. The molecular weight excluding hydrogens is 548 g/mol. The number of nitrogens with two attached hydrogens (primary N) is 1. The molecule has 4 fully saturated rings. The van der Waals surface area contributed by atoms with Crippen LogP contribution in [0, 0.1) is 12.7 Å². The molecule has 0 radical (unpaired) electrons. The zero-order chi connectivity index (χ0) is 28.5. The van der Waals surface area contributed by atoms with Gasteiger partial charge in [-0.15, -0.1) is 0 Å². The summed E-state index contributed by atoms with van der Waals surface area (Å²) in [5.74, 6) is 0.225. The maximum atomic E-state index is 16.7. The van der Waals surface area contributed by atoms with Crippen molar-refractivity contribution in [2.45, 2.75) is 62.8 Å². The molecule has 7 rings (SSSR count). The Kier molecular flexibility index (Phi) is 6.55. The Hall–Kier alpha value is -3.08. The maximum absolute atomic E-state index is 16.7. The Morgan fingerprint density at radius 2 is 2.00 bits per heavy atom. The van der Waals surface area contributed by atoms with Crippen molar-refractivity contribution in [3.8, 4) is 17.3 Å². The van der Waals surface area contributed by atoms with Crippen LogP contribution in [0.5, 0.6) is 6.01 Å². The van der Waals surface area contributed by atoms with Gasteiger partial charge in [0.15, 0.2) is 5.82 Å². The largest absolute Gasteiger partial charge is 0.461 e. The van der Waals surface area contributed by atoms with Crippen LogP contribution in [-0.4, -0.2) is 76.4 Å². The van der Waals surface area contributed by atoms with Gasteiger partial charge >= 0.3 is 6.01 Å². The molecular formula is C30H34ClF2N7O. The van der Waals surface area contributed by atoms with Crippen LogP contribution in [0.1, 0.15) is 43.2 Å². The van der Waals surface area contributed by atoms with Gasteiger partial charge in [-0.25, -0.2) is 13.8 Å². The lowest BCUT2D eigenvalue weighted by Crippen LogP contribution is -2.51. The fourth-order valence-corrected chi connectivity index (χ4v) is 7.74. The summed E-state index contributed by atoms with van der Waals surface area (Å²) in [5.41, 5.74) is 7.66. The second kappa shape index (κ2) is 10.0. The molecule has 0 spiro atoms. The first-order chi connectivity index (χ1) is 19.7. The van der Waals surface area contributed by atoms with E-state index in [-0.39, 0.29) is 40.1 Å². The van der Waals surface area contributed by atoms with E-state index in [0.717, 1.165) is 50.9 Å². The number of alkyl halides is 1. The van der Waals surface area contributed by atoms with Crippen LogP contribution < -0.4 is 20.7 Å². The van der Waals surface area contributed by atoms with Crippen LogP contribution in [-0.2, 0) is 0 Å². The van der Waals surface area contributed by atoms with Crippen LogP contribution in [0.4, 0.5) is 20.4 Å². The minimum atomic E-state index is -0.876. The Labute approximate surface area is 242 Å². The number of anilines is 2.